The van der Waals surface area contributed by atoms with E-state index in [1.165, 1.54) is 7.11 Å². The average Bonchev–Trinajstić information content (AvgIpc) is 2.63. The Bertz CT molecular complexity index is 553. The van der Waals surface area contributed by atoms with Crippen LogP contribution < -0.4 is 10.6 Å². The number of nitrogens with one attached hydrogen (secondary N) is 2. The Morgan fingerprint density at radius 2 is 1.88 bits per heavy atom. The average molecular weight is 371 g/mol. The maximum atomic E-state index is 11.8. The minimum Gasteiger partial charge on any atom is -0.467 e. The second-order valence-electron chi connectivity index (χ2n) is 5.23. The molecule has 0 fully saturated rings. The summed E-state index contributed by atoms with van der Waals surface area (Å²) in [6, 6.07) is 8.11. The van der Waals surface area contributed by atoms with Gasteiger partial charge in [0.05, 0.1) is 7.11 Å². The highest BCUT2D eigenvalue weighted by Crippen LogP contribution is 2.01. The monoisotopic (exact) mass is 370 g/mol. The number of hydrogen-bond donors (Lipinski definition) is 2. The first-order valence-corrected chi connectivity index (χ1v) is 8.48. The normalized spacial score (nSPS) is 11.3. The van der Waals surface area contributed by atoms with Gasteiger partial charge in [0, 0.05) is 18.8 Å². The standard InChI is InChI=1S/C17H23ClN2O5/c1-24-16(22)14(11-19-15(21)9-5-6-10-18)20-17(23)25-12-13-7-3-2-4-8-13/h2-4,7-8,14H,5-6,9-12H2,1H3,(H,19,21)(H,20,23)/t14-/m0/s1. The number of ether oxygens (including phenoxy) is 2. The van der Waals surface area contributed by atoms with E-state index >= 15 is 0 Å². The molecular formula is C17H23ClN2O5. The second kappa shape index (κ2) is 12.1. The highest BCUT2D eigenvalue weighted by molar-refractivity contribution is 6.17. The van der Waals surface area contributed by atoms with Crippen LogP contribution in [0.5, 0.6) is 0 Å². The van der Waals surface area contributed by atoms with Crippen LogP contribution in [-0.2, 0) is 25.7 Å². The van der Waals surface area contributed by atoms with Crippen molar-refractivity contribution in [1.29, 1.82) is 0 Å². The Balaban J connectivity index is 2.42. The number of unbranched alkanes of at least 4 members (excludes halogenated alkanes) is 1. The number of carbonyl (C=O) groups excluding carboxylic acids is 3. The highest BCUT2D eigenvalue weighted by atomic mass is 35.5. The molecule has 1 aromatic carbocycles. The number of carbonyl (C=O) groups is 3. The third-order valence-electron chi connectivity index (χ3n) is 3.28. The number of halogens is 1. The van der Waals surface area contributed by atoms with Crippen LogP contribution in [0.15, 0.2) is 30.3 Å². The molecule has 0 aliphatic carbocycles. The summed E-state index contributed by atoms with van der Waals surface area (Å²) in [5.41, 5.74) is 0.819. The lowest BCUT2D eigenvalue weighted by Gasteiger charge is -2.17. The third-order valence-corrected chi connectivity index (χ3v) is 3.55. The number of benzene rings is 1. The van der Waals surface area contributed by atoms with Gasteiger partial charge in [-0.1, -0.05) is 30.3 Å². The molecule has 25 heavy (non-hydrogen) atoms. The van der Waals surface area contributed by atoms with Crippen molar-refractivity contribution in [3.63, 3.8) is 0 Å². The van der Waals surface area contributed by atoms with Gasteiger partial charge in [0.2, 0.25) is 5.91 Å². The lowest BCUT2D eigenvalue weighted by molar-refractivity contribution is -0.143. The van der Waals surface area contributed by atoms with Crippen molar-refractivity contribution in [2.75, 3.05) is 19.5 Å². The van der Waals surface area contributed by atoms with E-state index in [2.05, 4.69) is 15.4 Å². The zero-order valence-electron chi connectivity index (χ0n) is 14.1. The minimum absolute atomic E-state index is 0.0748. The molecule has 0 radical (unpaired) electrons. The molecule has 0 saturated heterocycles. The molecule has 0 aliphatic heterocycles. The number of esters is 1. The number of amides is 2. The number of methoxy groups -OCH3 is 1. The predicted molar refractivity (Wildman–Crippen MR) is 93.1 cm³/mol. The van der Waals surface area contributed by atoms with Crippen molar-refractivity contribution in [2.45, 2.75) is 31.9 Å². The van der Waals surface area contributed by atoms with Crippen molar-refractivity contribution in [2.24, 2.45) is 0 Å². The molecule has 0 aromatic heterocycles. The molecule has 1 aromatic rings. The van der Waals surface area contributed by atoms with Gasteiger partial charge in [-0.25, -0.2) is 9.59 Å². The van der Waals surface area contributed by atoms with Crippen LogP contribution in [0.1, 0.15) is 24.8 Å². The first-order valence-electron chi connectivity index (χ1n) is 7.94. The van der Waals surface area contributed by atoms with Gasteiger partial charge >= 0.3 is 12.1 Å². The molecule has 8 heteroatoms. The highest BCUT2D eigenvalue weighted by Gasteiger charge is 2.22. The van der Waals surface area contributed by atoms with Crippen molar-refractivity contribution in [3.05, 3.63) is 35.9 Å². The van der Waals surface area contributed by atoms with Gasteiger partial charge < -0.3 is 20.1 Å². The Labute approximate surface area is 152 Å². The zero-order chi connectivity index (χ0) is 18.5. The van der Waals surface area contributed by atoms with Gasteiger partial charge in [-0.3, -0.25) is 4.79 Å². The largest absolute Gasteiger partial charge is 0.467 e. The van der Waals surface area contributed by atoms with Crippen LogP contribution in [0.25, 0.3) is 0 Å². The summed E-state index contributed by atoms with van der Waals surface area (Å²) in [5, 5.41) is 4.97. The van der Waals surface area contributed by atoms with Crippen LogP contribution in [0.2, 0.25) is 0 Å². The zero-order valence-corrected chi connectivity index (χ0v) is 14.9. The Morgan fingerprint density at radius 1 is 1.16 bits per heavy atom. The fourth-order valence-electron chi connectivity index (χ4n) is 1.93. The Hall–Kier alpha value is -2.28. The minimum atomic E-state index is -1.02. The van der Waals surface area contributed by atoms with Crippen LogP contribution in [0.4, 0.5) is 4.79 Å². The van der Waals surface area contributed by atoms with Gasteiger partial charge in [0.15, 0.2) is 0 Å². The second-order valence-corrected chi connectivity index (χ2v) is 5.61. The first-order chi connectivity index (χ1) is 12.1. The summed E-state index contributed by atoms with van der Waals surface area (Å²) in [5.74, 6) is -0.399. The molecule has 2 N–H and O–H groups in total. The lowest BCUT2D eigenvalue weighted by atomic mass is 10.2. The molecule has 0 bridgehead atoms. The predicted octanol–water partition coefficient (Wildman–Crippen LogP) is 1.98. The molecule has 7 nitrogen and oxygen atoms in total. The van der Waals surface area contributed by atoms with Crippen LogP contribution in [-0.4, -0.2) is 43.5 Å². The van der Waals surface area contributed by atoms with Gasteiger partial charge in [0.25, 0.3) is 0 Å². The summed E-state index contributed by atoms with van der Waals surface area (Å²) < 4.78 is 9.68. The SMILES string of the molecule is COC(=O)[C@H](CNC(=O)CCCCCl)NC(=O)OCc1ccccc1. The third kappa shape index (κ3) is 8.95. The fraction of sp³-hybridized carbons (Fsp3) is 0.471. The first kappa shape index (κ1) is 20.8. The van der Waals surface area contributed by atoms with Crippen LogP contribution in [0, 0.1) is 0 Å². The van der Waals surface area contributed by atoms with Gasteiger partial charge in [-0.2, -0.15) is 0 Å². The van der Waals surface area contributed by atoms with E-state index < -0.39 is 18.1 Å². The molecule has 0 heterocycles. The number of alkyl halides is 1. The van der Waals surface area contributed by atoms with Gasteiger partial charge in [-0.15, -0.1) is 11.6 Å². The number of alkyl carbamates (subject to hydrolysis) is 1. The summed E-state index contributed by atoms with van der Waals surface area (Å²) >= 11 is 5.55. The molecule has 1 atom stereocenters. The Kier molecular flexibility index (Phi) is 10.1. The molecule has 2 amide bonds. The van der Waals surface area contributed by atoms with E-state index in [0.717, 1.165) is 12.0 Å². The van der Waals surface area contributed by atoms with E-state index in [1.807, 2.05) is 30.3 Å². The summed E-state index contributed by atoms with van der Waals surface area (Å²) in [6.45, 7) is -0.00182. The van der Waals surface area contributed by atoms with E-state index in [0.29, 0.717) is 18.7 Å². The number of hydrogen-bond acceptors (Lipinski definition) is 5. The van der Waals surface area contributed by atoms with E-state index in [1.54, 1.807) is 0 Å². The van der Waals surface area contributed by atoms with Crippen molar-refractivity contribution in [3.8, 4) is 0 Å². The quantitative estimate of drug-likeness (QED) is 0.373. The van der Waals surface area contributed by atoms with E-state index in [9.17, 15) is 14.4 Å². The summed E-state index contributed by atoms with van der Waals surface area (Å²) in [6.07, 6.45) is 0.930. The summed E-state index contributed by atoms with van der Waals surface area (Å²) in [4.78, 5) is 35.2. The fourth-order valence-corrected chi connectivity index (χ4v) is 2.12. The molecular weight excluding hydrogens is 348 g/mol. The maximum absolute atomic E-state index is 11.8. The number of rotatable bonds is 10. The molecule has 138 valence electrons. The summed E-state index contributed by atoms with van der Waals surface area (Å²) in [7, 11) is 1.20. The molecule has 0 saturated carbocycles. The van der Waals surface area contributed by atoms with Crippen LogP contribution >= 0.6 is 11.6 Å². The molecule has 1 rings (SSSR count). The van der Waals surface area contributed by atoms with Crippen molar-refractivity contribution < 1.29 is 23.9 Å². The lowest BCUT2D eigenvalue weighted by Crippen LogP contribution is -2.49. The molecule has 0 aliphatic rings. The smallest absolute Gasteiger partial charge is 0.408 e. The molecule has 0 spiro atoms. The molecule has 0 unspecified atom stereocenters. The maximum Gasteiger partial charge on any atom is 0.408 e. The van der Waals surface area contributed by atoms with Crippen molar-refractivity contribution in [1.82, 2.24) is 10.6 Å². The van der Waals surface area contributed by atoms with Crippen LogP contribution in [0.3, 0.4) is 0 Å². The van der Waals surface area contributed by atoms with Gasteiger partial charge in [-0.05, 0) is 18.4 Å². The van der Waals surface area contributed by atoms with Crippen molar-refractivity contribution >= 4 is 29.6 Å². The van der Waals surface area contributed by atoms with E-state index in [4.69, 9.17) is 16.3 Å². The van der Waals surface area contributed by atoms with E-state index in [-0.39, 0.29) is 19.1 Å². The topological polar surface area (TPSA) is 93.7 Å². The Morgan fingerprint density at radius 3 is 2.52 bits per heavy atom. The van der Waals surface area contributed by atoms with Gasteiger partial charge in [0.1, 0.15) is 12.6 Å².